The number of sulfonamides is 1. The van der Waals surface area contributed by atoms with Gasteiger partial charge in [-0.3, -0.25) is 10.1 Å². The Bertz CT molecular complexity index is 1210. The number of hydrogen-bond donors (Lipinski definition) is 1. The number of nitrogens with one attached hydrogen (secondary N) is 1. The summed E-state index contributed by atoms with van der Waals surface area (Å²) < 4.78 is 42.5. The van der Waals surface area contributed by atoms with Crippen molar-refractivity contribution in [2.45, 2.75) is 62.4 Å². The number of para-hydroxylation sites is 1. The summed E-state index contributed by atoms with van der Waals surface area (Å²) in [5.41, 5.74) is -2.02. The molecule has 2 aromatic rings. The Morgan fingerprint density at radius 3 is 2.23 bits per heavy atom. The number of nitro benzene ring substituents is 1. The first-order valence-electron chi connectivity index (χ1n) is 10.8. The van der Waals surface area contributed by atoms with Crippen LogP contribution in [0.2, 0.25) is 18.1 Å². The maximum Gasteiger partial charge on any atom is 0.289 e. The molecule has 0 saturated heterocycles. The summed E-state index contributed by atoms with van der Waals surface area (Å²) in [6.45, 7) is 11.7. The van der Waals surface area contributed by atoms with Crippen molar-refractivity contribution in [3.63, 3.8) is 0 Å². The Hall–Kier alpha value is -2.23. The summed E-state index contributed by atoms with van der Waals surface area (Å²) in [7, 11) is -6.69. The first-order valence-corrected chi connectivity index (χ1v) is 16.0. The molecule has 0 heterocycles. The lowest BCUT2D eigenvalue weighted by molar-refractivity contribution is -0.387. The Kier molecular flexibility index (Phi) is 8.95. The van der Waals surface area contributed by atoms with Crippen molar-refractivity contribution < 1.29 is 22.5 Å². The summed E-state index contributed by atoms with van der Waals surface area (Å²) in [5.74, 6) is 3.00. The van der Waals surface area contributed by atoms with E-state index in [1.165, 1.54) is 18.2 Å². The highest BCUT2D eigenvalue weighted by Crippen LogP contribution is 2.37. The number of ether oxygens (including phenoxy) is 1. The molecule has 35 heavy (non-hydrogen) atoms. The van der Waals surface area contributed by atoms with E-state index in [-0.39, 0.29) is 11.6 Å². The van der Waals surface area contributed by atoms with Crippen LogP contribution in [0.3, 0.4) is 0 Å². The average molecular weight is 584 g/mol. The molecular weight excluding hydrogens is 552 g/mol. The first kappa shape index (κ1) is 29.0. The fourth-order valence-electron chi connectivity index (χ4n) is 2.85. The lowest BCUT2D eigenvalue weighted by Crippen LogP contribution is -2.57. The lowest BCUT2D eigenvalue weighted by atomic mass is 9.98. The molecule has 2 rings (SSSR count). The third kappa shape index (κ3) is 7.14. The average Bonchev–Trinajstić information content (AvgIpc) is 2.77. The van der Waals surface area contributed by atoms with Gasteiger partial charge >= 0.3 is 0 Å². The summed E-state index contributed by atoms with van der Waals surface area (Å²) in [6.07, 6.45) is 5.87. The molecule has 2 aromatic carbocycles. The number of terminal acetylenes is 1. The molecule has 8 nitrogen and oxygen atoms in total. The van der Waals surface area contributed by atoms with Crippen molar-refractivity contribution >= 4 is 40.0 Å². The van der Waals surface area contributed by atoms with Crippen LogP contribution in [0.15, 0.2) is 57.9 Å². The van der Waals surface area contributed by atoms with E-state index in [0.717, 1.165) is 10.5 Å². The van der Waals surface area contributed by atoms with Gasteiger partial charge in [-0.25, -0.2) is 13.1 Å². The summed E-state index contributed by atoms with van der Waals surface area (Å²) in [5, 5.41) is 11.3. The molecule has 190 valence electrons. The molecule has 0 radical (unpaired) electrons. The minimum atomic E-state index is -4.37. The Morgan fingerprint density at radius 2 is 1.71 bits per heavy atom. The van der Waals surface area contributed by atoms with Gasteiger partial charge in [-0.2, -0.15) is 0 Å². The molecule has 1 N–H and O–H groups in total. The molecule has 0 unspecified atom stereocenters. The third-order valence-corrected chi connectivity index (χ3v) is 12.7. The monoisotopic (exact) mass is 582 g/mol. The highest BCUT2D eigenvalue weighted by Gasteiger charge is 2.43. The summed E-state index contributed by atoms with van der Waals surface area (Å²) >= 11 is 3.36. The van der Waals surface area contributed by atoms with Crippen LogP contribution in [-0.2, 0) is 14.4 Å². The van der Waals surface area contributed by atoms with E-state index in [9.17, 15) is 18.5 Å². The topological polar surface area (TPSA) is 108 Å². The first-order chi connectivity index (χ1) is 16.0. The van der Waals surface area contributed by atoms with Crippen molar-refractivity contribution in [2.75, 3.05) is 6.61 Å². The highest BCUT2D eigenvalue weighted by molar-refractivity contribution is 9.10. The van der Waals surface area contributed by atoms with E-state index in [0.29, 0.717) is 5.75 Å². The third-order valence-electron chi connectivity index (χ3n) is 6.16. The molecule has 0 aliphatic rings. The second-order valence-corrected chi connectivity index (χ2v) is 17.2. The van der Waals surface area contributed by atoms with Crippen LogP contribution in [0.4, 0.5) is 5.69 Å². The second kappa shape index (κ2) is 10.8. The van der Waals surface area contributed by atoms with Gasteiger partial charge in [-0.1, -0.05) is 54.8 Å². The van der Waals surface area contributed by atoms with Crippen molar-refractivity contribution in [1.82, 2.24) is 4.72 Å². The van der Waals surface area contributed by atoms with Crippen LogP contribution in [0, 0.1) is 22.5 Å². The van der Waals surface area contributed by atoms with Crippen LogP contribution in [0.25, 0.3) is 0 Å². The smallest absolute Gasteiger partial charge is 0.289 e. The van der Waals surface area contributed by atoms with Crippen LogP contribution >= 0.6 is 15.9 Å². The fourth-order valence-corrected chi connectivity index (χ4v) is 5.60. The van der Waals surface area contributed by atoms with Gasteiger partial charge < -0.3 is 9.16 Å². The van der Waals surface area contributed by atoms with Gasteiger partial charge in [0.25, 0.3) is 5.69 Å². The fraction of sp³-hybridized carbons (Fsp3) is 0.417. The molecule has 0 spiro atoms. The van der Waals surface area contributed by atoms with Crippen molar-refractivity contribution in [3.8, 4) is 18.1 Å². The maximum absolute atomic E-state index is 13.4. The van der Waals surface area contributed by atoms with Gasteiger partial charge in [-0.05, 0) is 55.4 Å². The van der Waals surface area contributed by atoms with E-state index in [2.05, 4.69) is 47.3 Å². The maximum atomic E-state index is 13.4. The van der Waals surface area contributed by atoms with Crippen LogP contribution < -0.4 is 9.46 Å². The zero-order valence-corrected chi connectivity index (χ0v) is 24.1. The van der Waals surface area contributed by atoms with Crippen molar-refractivity contribution in [2.24, 2.45) is 0 Å². The molecule has 11 heteroatoms. The molecule has 0 saturated carbocycles. The zero-order valence-electron chi connectivity index (χ0n) is 20.7. The second-order valence-electron chi connectivity index (χ2n) is 9.78. The Labute approximate surface area is 216 Å². The molecule has 0 aliphatic heterocycles. The van der Waals surface area contributed by atoms with Gasteiger partial charge in [-0.15, -0.1) is 6.42 Å². The molecule has 0 aliphatic carbocycles. The number of rotatable bonds is 10. The van der Waals surface area contributed by atoms with Gasteiger partial charge in [0.15, 0.2) is 18.8 Å². The predicted molar refractivity (Wildman–Crippen MR) is 142 cm³/mol. The zero-order chi connectivity index (χ0) is 26.7. The standard InChI is InChI=1S/C24H31BrN2O6SSi/c1-8-24(5,33-19-15-13-18(25)14-16-19)22(17-32-35(6,7)23(2,3)4)26-34(30,31)21-12-10-9-11-20(21)27(28)29/h1,9-16,22,26H,17H2,2-7H3/t22-,24-/m1/s1. The molecule has 0 amide bonds. The number of halogens is 1. The van der Waals surface area contributed by atoms with Crippen molar-refractivity contribution in [3.05, 3.63) is 63.1 Å². The van der Waals surface area contributed by atoms with Crippen LogP contribution in [0.1, 0.15) is 27.7 Å². The molecule has 0 fully saturated rings. The number of hydrogen-bond acceptors (Lipinski definition) is 6. The number of nitro groups is 1. The summed E-state index contributed by atoms with van der Waals surface area (Å²) in [4.78, 5) is 10.3. The number of benzene rings is 2. The minimum absolute atomic E-state index is 0.0897. The summed E-state index contributed by atoms with van der Waals surface area (Å²) in [6, 6.07) is 11.0. The van der Waals surface area contributed by atoms with E-state index >= 15 is 0 Å². The van der Waals surface area contributed by atoms with Gasteiger partial charge in [0.05, 0.1) is 17.6 Å². The van der Waals surface area contributed by atoms with E-state index in [4.69, 9.17) is 15.6 Å². The Morgan fingerprint density at radius 1 is 1.14 bits per heavy atom. The lowest BCUT2D eigenvalue weighted by Gasteiger charge is -2.40. The predicted octanol–water partition coefficient (Wildman–Crippen LogP) is 5.50. The van der Waals surface area contributed by atoms with Crippen LogP contribution in [-0.4, -0.2) is 39.9 Å². The molecule has 0 aromatic heterocycles. The van der Waals surface area contributed by atoms with Gasteiger partial charge in [0.1, 0.15) is 5.75 Å². The van der Waals surface area contributed by atoms with Crippen LogP contribution in [0.5, 0.6) is 5.75 Å². The SMILES string of the molecule is C#C[C@@](C)(Oc1ccc(Br)cc1)[C@@H](CO[Si](C)(C)C(C)(C)C)NS(=O)(=O)c1ccccc1[N+](=O)[O-]. The quantitative estimate of drug-likeness (QED) is 0.171. The molecule has 0 bridgehead atoms. The van der Waals surface area contributed by atoms with E-state index < -0.39 is 45.5 Å². The van der Waals surface area contributed by atoms with Gasteiger partial charge in [0.2, 0.25) is 10.0 Å². The van der Waals surface area contributed by atoms with Crippen molar-refractivity contribution in [1.29, 1.82) is 0 Å². The van der Waals surface area contributed by atoms with E-state index in [1.54, 1.807) is 31.2 Å². The minimum Gasteiger partial charge on any atom is -0.473 e. The largest absolute Gasteiger partial charge is 0.473 e. The Balaban J connectivity index is 2.51. The normalized spacial score (nSPS) is 15.0. The molecule has 2 atom stereocenters. The molecular formula is C24H31BrN2O6SSi. The highest BCUT2D eigenvalue weighted by atomic mass is 79.9. The van der Waals surface area contributed by atoms with Gasteiger partial charge in [0, 0.05) is 10.5 Å². The van der Waals surface area contributed by atoms with E-state index in [1.807, 2.05) is 13.1 Å². The number of nitrogens with zero attached hydrogens (tertiary/aromatic N) is 1.